The second kappa shape index (κ2) is 10.5. The Hall–Kier alpha value is -2.75. The Morgan fingerprint density at radius 3 is 2.30 bits per heavy atom. The molecule has 2 aliphatic carbocycles. The highest BCUT2D eigenvalue weighted by molar-refractivity contribution is 5.76. The van der Waals surface area contributed by atoms with Crippen LogP contribution in [0.25, 0.3) is 22.3 Å². The molecule has 4 heteroatoms. The Balaban J connectivity index is 1.47. The maximum atomic E-state index is 15.0. The van der Waals surface area contributed by atoms with E-state index in [1.807, 2.05) is 6.07 Å². The Morgan fingerprint density at radius 2 is 1.64 bits per heavy atom. The molecule has 0 spiro atoms. The number of allylic oxidation sites excluding steroid dienone is 6. The van der Waals surface area contributed by atoms with Gasteiger partial charge < -0.3 is 5.11 Å². The first kappa shape index (κ1) is 23.4. The lowest BCUT2D eigenvalue weighted by Gasteiger charge is -2.22. The van der Waals surface area contributed by atoms with Crippen LogP contribution in [0.2, 0.25) is 0 Å². The predicted molar refractivity (Wildman–Crippen MR) is 130 cm³/mol. The number of aliphatic hydroxyl groups is 1. The molecule has 2 aromatic rings. The van der Waals surface area contributed by atoms with Crippen molar-refractivity contribution in [2.24, 2.45) is 5.92 Å². The van der Waals surface area contributed by atoms with Gasteiger partial charge in [0.2, 0.25) is 0 Å². The number of benzene rings is 2. The van der Waals surface area contributed by atoms with Crippen LogP contribution in [-0.4, -0.2) is 17.4 Å². The van der Waals surface area contributed by atoms with Crippen molar-refractivity contribution in [3.63, 3.8) is 0 Å². The second-order valence-electron chi connectivity index (χ2n) is 9.15. The summed E-state index contributed by atoms with van der Waals surface area (Å²) in [6.45, 7) is 2.23. The van der Waals surface area contributed by atoms with Gasteiger partial charge in [-0.3, -0.25) is 0 Å². The SMILES string of the molecule is CCCCCC1CC=C(c2ccc(-c3ccc(C4=CC=C(O)C(F)C4F)cc3)c(F)c2)CC1. The van der Waals surface area contributed by atoms with Crippen LogP contribution in [0.15, 0.2) is 66.5 Å². The van der Waals surface area contributed by atoms with Crippen LogP contribution in [-0.2, 0) is 0 Å². The zero-order valence-electron chi connectivity index (χ0n) is 19.0. The quantitative estimate of drug-likeness (QED) is 0.416. The van der Waals surface area contributed by atoms with E-state index in [9.17, 15) is 13.9 Å². The number of aliphatic hydroxyl groups excluding tert-OH is 1. The zero-order valence-corrected chi connectivity index (χ0v) is 19.0. The topological polar surface area (TPSA) is 20.2 Å². The van der Waals surface area contributed by atoms with E-state index in [-0.39, 0.29) is 11.4 Å². The van der Waals surface area contributed by atoms with Gasteiger partial charge in [0, 0.05) is 5.56 Å². The van der Waals surface area contributed by atoms with E-state index in [2.05, 4.69) is 13.0 Å². The Labute approximate surface area is 194 Å². The summed E-state index contributed by atoms with van der Waals surface area (Å²) in [5.74, 6) is -0.147. The highest BCUT2D eigenvalue weighted by atomic mass is 19.2. The summed E-state index contributed by atoms with van der Waals surface area (Å²) in [6.07, 6.45) is 9.20. The summed E-state index contributed by atoms with van der Waals surface area (Å²) in [4.78, 5) is 0. The first-order valence-electron chi connectivity index (χ1n) is 12.0. The highest BCUT2D eigenvalue weighted by Crippen LogP contribution is 2.36. The molecule has 0 saturated heterocycles. The van der Waals surface area contributed by atoms with Crippen LogP contribution in [0.3, 0.4) is 0 Å². The lowest BCUT2D eigenvalue weighted by molar-refractivity contribution is 0.181. The number of alkyl halides is 2. The minimum Gasteiger partial charge on any atom is -0.509 e. The minimum atomic E-state index is -2.06. The van der Waals surface area contributed by atoms with Gasteiger partial charge in [-0.1, -0.05) is 81.2 Å². The van der Waals surface area contributed by atoms with Crippen molar-refractivity contribution in [3.8, 4) is 11.1 Å². The number of unbranched alkanes of at least 4 members (excludes halogenated alkanes) is 2. The molecule has 0 amide bonds. The molecule has 2 aliphatic rings. The molecule has 0 fully saturated rings. The van der Waals surface area contributed by atoms with E-state index in [1.54, 1.807) is 36.4 Å². The van der Waals surface area contributed by atoms with Crippen LogP contribution in [0.4, 0.5) is 13.2 Å². The van der Waals surface area contributed by atoms with Crippen molar-refractivity contribution in [1.29, 1.82) is 0 Å². The zero-order chi connectivity index (χ0) is 23.4. The molecular formula is C29H31F3O. The van der Waals surface area contributed by atoms with E-state index in [1.165, 1.54) is 49.8 Å². The van der Waals surface area contributed by atoms with Gasteiger partial charge in [0.25, 0.3) is 0 Å². The van der Waals surface area contributed by atoms with Crippen LogP contribution >= 0.6 is 0 Å². The Morgan fingerprint density at radius 1 is 0.909 bits per heavy atom. The normalized spacial score (nSPS) is 23.0. The van der Waals surface area contributed by atoms with Crippen molar-refractivity contribution < 1.29 is 18.3 Å². The fraction of sp³-hybridized carbons (Fsp3) is 0.379. The smallest absolute Gasteiger partial charge is 0.192 e. The maximum Gasteiger partial charge on any atom is 0.192 e. The lowest BCUT2D eigenvalue weighted by Crippen LogP contribution is -2.23. The molecule has 3 atom stereocenters. The molecule has 2 aromatic carbocycles. The number of rotatable bonds is 7. The molecule has 0 saturated carbocycles. The molecule has 1 N–H and O–H groups in total. The van der Waals surface area contributed by atoms with Crippen LogP contribution in [0.1, 0.15) is 63.0 Å². The van der Waals surface area contributed by atoms with E-state index >= 15 is 4.39 Å². The van der Waals surface area contributed by atoms with Crippen molar-refractivity contribution >= 4 is 11.1 Å². The number of hydrogen-bond acceptors (Lipinski definition) is 1. The minimum absolute atomic E-state index is 0.167. The van der Waals surface area contributed by atoms with Crippen LogP contribution in [0, 0.1) is 11.7 Å². The summed E-state index contributed by atoms with van der Waals surface area (Å²) in [5.41, 5.74) is 3.99. The molecule has 0 bridgehead atoms. The third-order valence-electron chi connectivity index (χ3n) is 6.87. The van der Waals surface area contributed by atoms with Gasteiger partial charge in [-0.25, -0.2) is 13.2 Å². The molecule has 0 heterocycles. The molecule has 0 aromatic heterocycles. The van der Waals surface area contributed by atoms with Crippen molar-refractivity contribution in [1.82, 2.24) is 0 Å². The summed E-state index contributed by atoms with van der Waals surface area (Å²) >= 11 is 0. The fourth-order valence-electron chi connectivity index (χ4n) is 4.81. The van der Waals surface area contributed by atoms with Gasteiger partial charge in [0.05, 0.1) is 0 Å². The van der Waals surface area contributed by atoms with Crippen molar-refractivity contribution in [2.75, 3.05) is 0 Å². The molecule has 0 radical (unpaired) electrons. The fourth-order valence-corrected chi connectivity index (χ4v) is 4.81. The third-order valence-corrected chi connectivity index (χ3v) is 6.87. The van der Waals surface area contributed by atoms with Crippen molar-refractivity contribution in [3.05, 3.63) is 83.4 Å². The first-order chi connectivity index (χ1) is 16.0. The largest absolute Gasteiger partial charge is 0.509 e. The summed E-state index contributed by atoms with van der Waals surface area (Å²) in [7, 11) is 0. The van der Waals surface area contributed by atoms with Gasteiger partial charge in [-0.2, -0.15) is 0 Å². The van der Waals surface area contributed by atoms with Crippen LogP contribution in [0.5, 0.6) is 0 Å². The lowest BCUT2D eigenvalue weighted by atomic mass is 9.83. The standard InChI is InChI=1S/C29H31F3O/c1-2-3-4-5-19-6-8-20(9-7-19)23-14-15-24(26(30)18-23)21-10-12-22(13-11-21)25-16-17-27(33)29(32)28(25)31/h8,10-19,28-29,33H,2-7,9H2,1H3. The molecule has 3 unspecified atom stereocenters. The van der Waals surface area contributed by atoms with Gasteiger partial charge in [-0.05, 0) is 65.2 Å². The van der Waals surface area contributed by atoms with E-state index < -0.39 is 18.1 Å². The molecular weight excluding hydrogens is 421 g/mol. The van der Waals surface area contributed by atoms with E-state index in [0.717, 1.165) is 24.3 Å². The van der Waals surface area contributed by atoms with Crippen LogP contribution < -0.4 is 0 Å². The van der Waals surface area contributed by atoms with E-state index in [0.29, 0.717) is 16.7 Å². The second-order valence-corrected chi connectivity index (χ2v) is 9.15. The monoisotopic (exact) mass is 452 g/mol. The molecule has 174 valence electrons. The summed E-state index contributed by atoms with van der Waals surface area (Å²) in [6, 6.07) is 12.1. The molecule has 1 nitrogen and oxygen atoms in total. The number of hydrogen-bond donors (Lipinski definition) is 1. The molecule has 0 aliphatic heterocycles. The average Bonchev–Trinajstić information content (AvgIpc) is 2.83. The number of halogens is 3. The summed E-state index contributed by atoms with van der Waals surface area (Å²) < 4.78 is 43.1. The van der Waals surface area contributed by atoms with Gasteiger partial charge >= 0.3 is 0 Å². The highest BCUT2D eigenvalue weighted by Gasteiger charge is 2.31. The predicted octanol–water partition coefficient (Wildman–Crippen LogP) is 8.77. The van der Waals surface area contributed by atoms with Gasteiger partial charge in [-0.15, -0.1) is 0 Å². The Bertz CT molecular complexity index is 1060. The maximum absolute atomic E-state index is 15.0. The summed E-state index contributed by atoms with van der Waals surface area (Å²) in [5, 5.41) is 9.37. The van der Waals surface area contributed by atoms with Gasteiger partial charge in [0.15, 0.2) is 12.3 Å². The Kier molecular flexibility index (Phi) is 7.42. The molecule has 4 rings (SSSR count). The average molecular weight is 453 g/mol. The molecule has 33 heavy (non-hydrogen) atoms. The third kappa shape index (κ3) is 5.26. The first-order valence-corrected chi connectivity index (χ1v) is 12.0. The van der Waals surface area contributed by atoms with E-state index in [4.69, 9.17) is 0 Å². The van der Waals surface area contributed by atoms with Crippen molar-refractivity contribution in [2.45, 2.75) is 64.2 Å². The van der Waals surface area contributed by atoms with Gasteiger partial charge in [0.1, 0.15) is 11.6 Å².